The minimum absolute atomic E-state index is 0.643. The van der Waals surface area contributed by atoms with Gasteiger partial charge in [0.25, 0.3) is 0 Å². The highest BCUT2D eigenvalue weighted by Crippen LogP contribution is 2.25. The summed E-state index contributed by atoms with van der Waals surface area (Å²) in [5.74, 6) is 1.63. The first-order valence-electron chi connectivity index (χ1n) is 4.36. The van der Waals surface area contributed by atoms with Gasteiger partial charge in [0.15, 0.2) is 0 Å². The number of furan rings is 1. The highest BCUT2D eigenvalue weighted by Gasteiger charge is 2.08. The first-order chi connectivity index (χ1) is 6.33. The van der Waals surface area contributed by atoms with Gasteiger partial charge in [-0.1, -0.05) is 18.2 Å². The second kappa shape index (κ2) is 3.43. The number of hydrogen-bond acceptors (Lipinski definition) is 1. The lowest BCUT2D eigenvalue weighted by Crippen LogP contribution is -1.85. The van der Waals surface area contributed by atoms with Gasteiger partial charge < -0.3 is 4.42 Å². The van der Waals surface area contributed by atoms with E-state index in [9.17, 15) is 0 Å². The molecule has 0 aliphatic rings. The van der Waals surface area contributed by atoms with E-state index < -0.39 is 0 Å². The molecule has 0 spiro atoms. The van der Waals surface area contributed by atoms with Gasteiger partial charge in [0.1, 0.15) is 11.3 Å². The average Bonchev–Trinajstić information content (AvgIpc) is 2.44. The summed E-state index contributed by atoms with van der Waals surface area (Å²) in [6.45, 7) is 1.99. The van der Waals surface area contributed by atoms with Gasteiger partial charge in [0.2, 0.25) is 0 Å². The summed E-state index contributed by atoms with van der Waals surface area (Å²) in [6.07, 6.45) is 0.879. The fourth-order valence-electron chi connectivity index (χ4n) is 1.63. The minimum Gasteiger partial charge on any atom is -0.461 e. The zero-order valence-electron chi connectivity index (χ0n) is 7.51. The number of hydrogen-bond donors (Lipinski definition) is 0. The number of halogens is 1. The Bertz CT molecular complexity index is 417. The van der Waals surface area contributed by atoms with Crippen LogP contribution in [0.5, 0.6) is 0 Å². The van der Waals surface area contributed by atoms with Crippen molar-refractivity contribution in [3.05, 3.63) is 35.6 Å². The number of para-hydroxylation sites is 1. The van der Waals surface area contributed by atoms with Crippen molar-refractivity contribution in [2.45, 2.75) is 13.3 Å². The van der Waals surface area contributed by atoms with Gasteiger partial charge in [0, 0.05) is 16.8 Å². The van der Waals surface area contributed by atoms with Crippen molar-refractivity contribution in [3.63, 3.8) is 0 Å². The van der Waals surface area contributed by atoms with Crippen LogP contribution < -0.4 is 0 Å². The van der Waals surface area contributed by atoms with Crippen LogP contribution in [0.4, 0.5) is 0 Å². The second-order valence-electron chi connectivity index (χ2n) is 3.07. The zero-order valence-corrected chi connectivity index (χ0v) is 8.27. The topological polar surface area (TPSA) is 13.1 Å². The van der Waals surface area contributed by atoms with E-state index in [1.165, 1.54) is 10.9 Å². The Morgan fingerprint density at radius 1 is 1.31 bits per heavy atom. The van der Waals surface area contributed by atoms with Gasteiger partial charge in [-0.25, -0.2) is 0 Å². The lowest BCUT2D eigenvalue weighted by Gasteiger charge is -1.93. The van der Waals surface area contributed by atoms with Crippen molar-refractivity contribution in [2.75, 3.05) is 5.88 Å². The molecule has 0 amide bonds. The highest BCUT2D eigenvalue weighted by molar-refractivity contribution is 6.18. The molecule has 0 saturated heterocycles. The summed E-state index contributed by atoms with van der Waals surface area (Å²) >= 11 is 5.72. The standard InChI is InChI=1S/C11H11ClO/c1-8-9(6-7-12)10-4-2-3-5-11(10)13-8/h2-5H,6-7H2,1H3. The molecule has 0 unspecified atom stereocenters. The Kier molecular flexibility index (Phi) is 2.28. The van der Waals surface area contributed by atoms with Crippen molar-refractivity contribution in [2.24, 2.45) is 0 Å². The van der Waals surface area contributed by atoms with Crippen molar-refractivity contribution >= 4 is 22.6 Å². The third kappa shape index (κ3) is 1.44. The number of fused-ring (bicyclic) bond motifs is 1. The molecule has 1 aromatic heterocycles. The van der Waals surface area contributed by atoms with E-state index in [1.807, 2.05) is 25.1 Å². The Labute approximate surface area is 82.3 Å². The molecule has 1 nitrogen and oxygen atoms in total. The van der Waals surface area contributed by atoms with Gasteiger partial charge >= 0.3 is 0 Å². The third-order valence-corrected chi connectivity index (χ3v) is 2.43. The molecule has 0 aliphatic heterocycles. The first-order valence-corrected chi connectivity index (χ1v) is 4.89. The van der Waals surface area contributed by atoms with Crippen LogP contribution in [0.15, 0.2) is 28.7 Å². The summed E-state index contributed by atoms with van der Waals surface area (Å²) < 4.78 is 5.59. The molecule has 2 rings (SSSR count). The molecule has 0 N–H and O–H groups in total. The van der Waals surface area contributed by atoms with Gasteiger partial charge in [-0.05, 0) is 19.4 Å². The molecule has 0 radical (unpaired) electrons. The molecule has 13 heavy (non-hydrogen) atoms. The smallest absolute Gasteiger partial charge is 0.134 e. The number of benzene rings is 1. The SMILES string of the molecule is Cc1oc2ccccc2c1CCCl. The van der Waals surface area contributed by atoms with E-state index >= 15 is 0 Å². The van der Waals surface area contributed by atoms with Crippen LogP contribution in [-0.2, 0) is 6.42 Å². The predicted molar refractivity (Wildman–Crippen MR) is 55.4 cm³/mol. The molecule has 68 valence electrons. The monoisotopic (exact) mass is 194 g/mol. The Balaban J connectivity index is 2.64. The van der Waals surface area contributed by atoms with E-state index in [2.05, 4.69) is 6.07 Å². The fourth-order valence-corrected chi connectivity index (χ4v) is 1.82. The Morgan fingerprint density at radius 3 is 2.85 bits per heavy atom. The first kappa shape index (κ1) is 8.64. The van der Waals surface area contributed by atoms with Crippen LogP contribution in [0.1, 0.15) is 11.3 Å². The summed E-state index contributed by atoms with van der Waals surface area (Å²) in [4.78, 5) is 0. The number of aryl methyl sites for hydroxylation is 2. The van der Waals surface area contributed by atoms with Gasteiger partial charge in [-0.2, -0.15) is 0 Å². The molecule has 0 atom stereocenters. The predicted octanol–water partition coefficient (Wildman–Crippen LogP) is 3.52. The summed E-state index contributed by atoms with van der Waals surface area (Å²) in [5, 5.41) is 1.20. The lowest BCUT2D eigenvalue weighted by atomic mass is 10.1. The Hall–Kier alpha value is -0.950. The van der Waals surface area contributed by atoms with Crippen molar-refractivity contribution in [1.82, 2.24) is 0 Å². The normalized spacial score (nSPS) is 10.9. The summed E-state index contributed by atoms with van der Waals surface area (Å²) in [7, 11) is 0. The maximum absolute atomic E-state index is 5.72. The van der Waals surface area contributed by atoms with E-state index in [1.54, 1.807) is 0 Å². The summed E-state index contributed by atoms with van der Waals surface area (Å²) in [6, 6.07) is 8.07. The highest BCUT2D eigenvalue weighted by atomic mass is 35.5. The molecule has 0 bridgehead atoms. The van der Waals surface area contributed by atoms with Crippen molar-refractivity contribution < 1.29 is 4.42 Å². The largest absolute Gasteiger partial charge is 0.461 e. The summed E-state index contributed by atoms with van der Waals surface area (Å²) in [5.41, 5.74) is 2.20. The van der Waals surface area contributed by atoms with Gasteiger partial charge in [0.05, 0.1) is 0 Å². The van der Waals surface area contributed by atoms with E-state index in [0.717, 1.165) is 17.8 Å². The molecule has 0 fully saturated rings. The molecule has 2 aromatic rings. The third-order valence-electron chi connectivity index (χ3n) is 2.24. The van der Waals surface area contributed by atoms with Crippen LogP contribution in [-0.4, -0.2) is 5.88 Å². The fraction of sp³-hybridized carbons (Fsp3) is 0.273. The molecule has 0 aliphatic carbocycles. The Morgan fingerprint density at radius 2 is 2.08 bits per heavy atom. The van der Waals surface area contributed by atoms with Crippen LogP contribution in [0.3, 0.4) is 0 Å². The number of alkyl halides is 1. The molecule has 2 heteroatoms. The average molecular weight is 195 g/mol. The molecule has 1 heterocycles. The van der Waals surface area contributed by atoms with Gasteiger partial charge in [-0.3, -0.25) is 0 Å². The van der Waals surface area contributed by atoms with Crippen LogP contribution >= 0.6 is 11.6 Å². The minimum atomic E-state index is 0.643. The molecular formula is C11H11ClO. The van der Waals surface area contributed by atoms with E-state index in [4.69, 9.17) is 16.0 Å². The van der Waals surface area contributed by atoms with Crippen LogP contribution in [0, 0.1) is 6.92 Å². The lowest BCUT2D eigenvalue weighted by molar-refractivity contribution is 0.573. The van der Waals surface area contributed by atoms with Crippen LogP contribution in [0.25, 0.3) is 11.0 Å². The van der Waals surface area contributed by atoms with Crippen molar-refractivity contribution in [1.29, 1.82) is 0 Å². The van der Waals surface area contributed by atoms with Crippen molar-refractivity contribution in [3.8, 4) is 0 Å². The van der Waals surface area contributed by atoms with E-state index in [0.29, 0.717) is 5.88 Å². The second-order valence-corrected chi connectivity index (χ2v) is 3.45. The molecule has 0 saturated carbocycles. The van der Waals surface area contributed by atoms with E-state index in [-0.39, 0.29) is 0 Å². The van der Waals surface area contributed by atoms with Crippen LogP contribution in [0.2, 0.25) is 0 Å². The maximum atomic E-state index is 5.72. The van der Waals surface area contributed by atoms with Gasteiger partial charge in [-0.15, -0.1) is 11.6 Å². The molecule has 1 aromatic carbocycles. The maximum Gasteiger partial charge on any atom is 0.134 e. The quantitative estimate of drug-likeness (QED) is 0.667. The number of rotatable bonds is 2. The zero-order chi connectivity index (χ0) is 9.26. The molecular weight excluding hydrogens is 184 g/mol.